The minimum Gasteiger partial charge on any atom is -0.491 e. The lowest BCUT2D eigenvalue weighted by molar-refractivity contribution is -0.115. The van der Waals surface area contributed by atoms with Gasteiger partial charge in [-0.25, -0.2) is 4.68 Å². The van der Waals surface area contributed by atoms with Gasteiger partial charge in [-0.3, -0.25) is 4.79 Å². The number of amides is 1. The van der Waals surface area contributed by atoms with Gasteiger partial charge in [0.2, 0.25) is 5.91 Å². The van der Waals surface area contributed by atoms with E-state index in [9.17, 15) is 4.79 Å². The SMILES string of the molecule is O=C(Cc1cnn(-c2ccccc2)c1)Nc1cccc(OCC2CCCO2)c1. The zero-order chi connectivity index (χ0) is 19.2. The topological polar surface area (TPSA) is 65.4 Å². The van der Waals surface area contributed by atoms with E-state index >= 15 is 0 Å². The molecule has 0 aliphatic carbocycles. The number of anilines is 1. The fraction of sp³-hybridized carbons (Fsp3) is 0.273. The molecule has 1 N–H and O–H groups in total. The number of ether oxygens (including phenoxy) is 2. The Morgan fingerprint density at radius 1 is 1.21 bits per heavy atom. The minimum atomic E-state index is -0.0936. The number of carbonyl (C=O) groups excluding carboxylic acids is 1. The predicted octanol–water partition coefficient (Wildman–Crippen LogP) is 3.61. The first-order chi connectivity index (χ1) is 13.8. The Morgan fingerprint density at radius 3 is 2.93 bits per heavy atom. The molecular weight excluding hydrogens is 354 g/mol. The summed E-state index contributed by atoms with van der Waals surface area (Å²) in [4.78, 5) is 12.4. The van der Waals surface area contributed by atoms with Crippen molar-refractivity contribution in [3.8, 4) is 11.4 Å². The molecule has 6 nitrogen and oxygen atoms in total. The molecule has 4 rings (SSSR count). The van der Waals surface area contributed by atoms with Gasteiger partial charge in [-0.15, -0.1) is 0 Å². The fourth-order valence-electron chi connectivity index (χ4n) is 3.19. The van der Waals surface area contributed by atoms with Gasteiger partial charge in [0, 0.05) is 24.6 Å². The van der Waals surface area contributed by atoms with Crippen molar-refractivity contribution >= 4 is 11.6 Å². The third-order valence-corrected chi connectivity index (χ3v) is 4.60. The van der Waals surface area contributed by atoms with Gasteiger partial charge in [-0.05, 0) is 42.7 Å². The Balaban J connectivity index is 1.32. The van der Waals surface area contributed by atoms with E-state index in [1.807, 2.05) is 60.8 Å². The van der Waals surface area contributed by atoms with Gasteiger partial charge >= 0.3 is 0 Å². The molecule has 0 spiro atoms. The third kappa shape index (κ3) is 4.78. The molecule has 1 aliphatic heterocycles. The van der Waals surface area contributed by atoms with Crippen LogP contribution in [0.15, 0.2) is 67.0 Å². The van der Waals surface area contributed by atoms with Gasteiger partial charge in [0.25, 0.3) is 0 Å². The molecule has 1 saturated heterocycles. The summed E-state index contributed by atoms with van der Waals surface area (Å²) in [7, 11) is 0. The van der Waals surface area contributed by atoms with E-state index in [1.165, 1.54) is 0 Å². The highest BCUT2D eigenvalue weighted by Gasteiger charge is 2.16. The number of benzene rings is 2. The first-order valence-electron chi connectivity index (χ1n) is 9.49. The summed E-state index contributed by atoms with van der Waals surface area (Å²) in [5.74, 6) is 0.633. The highest BCUT2D eigenvalue weighted by atomic mass is 16.5. The molecule has 1 aliphatic rings. The Kier molecular flexibility index (Phi) is 5.68. The zero-order valence-electron chi connectivity index (χ0n) is 15.6. The van der Waals surface area contributed by atoms with Crippen LogP contribution in [0.4, 0.5) is 5.69 Å². The lowest BCUT2D eigenvalue weighted by Crippen LogP contribution is -2.17. The van der Waals surface area contributed by atoms with Crippen LogP contribution in [-0.2, 0) is 16.0 Å². The van der Waals surface area contributed by atoms with E-state index in [0.717, 1.165) is 36.4 Å². The number of aromatic nitrogens is 2. The third-order valence-electron chi connectivity index (χ3n) is 4.60. The quantitative estimate of drug-likeness (QED) is 0.683. The highest BCUT2D eigenvalue weighted by Crippen LogP contribution is 2.20. The van der Waals surface area contributed by atoms with E-state index in [0.29, 0.717) is 12.3 Å². The van der Waals surface area contributed by atoms with Crippen molar-refractivity contribution in [1.82, 2.24) is 9.78 Å². The number of hydrogen-bond donors (Lipinski definition) is 1. The van der Waals surface area contributed by atoms with E-state index in [4.69, 9.17) is 9.47 Å². The maximum absolute atomic E-state index is 12.4. The summed E-state index contributed by atoms with van der Waals surface area (Å²) in [6.45, 7) is 1.35. The van der Waals surface area contributed by atoms with Gasteiger partial charge in [0.05, 0.1) is 24.4 Å². The average molecular weight is 377 g/mol. The second-order valence-electron chi connectivity index (χ2n) is 6.83. The number of hydrogen-bond acceptors (Lipinski definition) is 4. The van der Waals surface area contributed by atoms with Crippen LogP contribution in [0.3, 0.4) is 0 Å². The van der Waals surface area contributed by atoms with Crippen LogP contribution < -0.4 is 10.1 Å². The van der Waals surface area contributed by atoms with Gasteiger partial charge in [0.15, 0.2) is 0 Å². The molecule has 6 heteroatoms. The molecule has 0 radical (unpaired) electrons. The van der Waals surface area contributed by atoms with Gasteiger partial charge in [-0.1, -0.05) is 24.3 Å². The van der Waals surface area contributed by atoms with Crippen LogP contribution in [0.1, 0.15) is 18.4 Å². The average Bonchev–Trinajstić information content (AvgIpc) is 3.39. The first kappa shape index (κ1) is 18.3. The van der Waals surface area contributed by atoms with E-state index in [-0.39, 0.29) is 18.4 Å². The lowest BCUT2D eigenvalue weighted by atomic mass is 10.2. The molecule has 0 bridgehead atoms. The summed E-state index contributed by atoms with van der Waals surface area (Å²) >= 11 is 0. The van der Waals surface area contributed by atoms with E-state index < -0.39 is 0 Å². The molecule has 1 unspecified atom stereocenters. The number of nitrogens with zero attached hydrogens (tertiary/aromatic N) is 2. The molecule has 1 atom stereocenters. The number of carbonyl (C=O) groups is 1. The highest BCUT2D eigenvalue weighted by molar-refractivity contribution is 5.92. The smallest absolute Gasteiger partial charge is 0.228 e. The summed E-state index contributed by atoms with van der Waals surface area (Å²) < 4.78 is 13.1. The van der Waals surface area contributed by atoms with Crippen LogP contribution >= 0.6 is 0 Å². The van der Waals surface area contributed by atoms with Gasteiger partial charge < -0.3 is 14.8 Å². The molecule has 0 saturated carbocycles. The minimum absolute atomic E-state index is 0.0936. The molecule has 28 heavy (non-hydrogen) atoms. The monoisotopic (exact) mass is 377 g/mol. The van der Waals surface area contributed by atoms with Crippen molar-refractivity contribution in [3.63, 3.8) is 0 Å². The van der Waals surface area contributed by atoms with Gasteiger partial charge in [0.1, 0.15) is 12.4 Å². The molecule has 1 fully saturated rings. The fourth-order valence-corrected chi connectivity index (χ4v) is 3.19. The Labute approximate surface area is 164 Å². The summed E-state index contributed by atoms with van der Waals surface area (Å²) in [5.41, 5.74) is 2.53. The Hall–Kier alpha value is -3.12. The van der Waals surface area contributed by atoms with Crippen molar-refractivity contribution < 1.29 is 14.3 Å². The van der Waals surface area contributed by atoms with Crippen molar-refractivity contribution in [3.05, 3.63) is 72.6 Å². The normalized spacial score (nSPS) is 16.1. The van der Waals surface area contributed by atoms with Crippen molar-refractivity contribution in [2.45, 2.75) is 25.4 Å². The van der Waals surface area contributed by atoms with Crippen LogP contribution in [0, 0.1) is 0 Å². The Morgan fingerprint density at radius 2 is 2.11 bits per heavy atom. The first-order valence-corrected chi connectivity index (χ1v) is 9.49. The predicted molar refractivity (Wildman–Crippen MR) is 107 cm³/mol. The number of nitrogens with one attached hydrogen (secondary N) is 1. The van der Waals surface area contributed by atoms with Crippen molar-refractivity contribution in [2.24, 2.45) is 0 Å². The summed E-state index contributed by atoms with van der Waals surface area (Å²) in [6, 6.07) is 17.2. The van der Waals surface area contributed by atoms with Crippen LogP contribution in [0.5, 0.6) is 5.75 Å². The van der Waals surface area contributed by atoms with E-state index in [2.05, 4.69) is 10.4 Å². The number of para-hydroxylation sites is 1. The van der Waals surface area contributed by atoms with Crippen LogP contribution in [0.2, 0.25) is 0 Å². The zero-order valence-corrected chi connectivity index (χ0v) is 15.6. The largest absolute Gasteiger partial charge is 0.491 e. The van der Waals surface area contributed by atoms with E-state index in [1.54, 1.807) is 10.9 Å². The van der Waals surface area contributed by atoms with Gasteiger partial charge in [-0.2, -0.15) is 5.10 Å². The van der Waals surface area contributed by atoms with Crippen LogP contribution in [0.25, 0.3) is 5.69 Å². The maximum atomic E-state index is 12.4. The van der Waals surface area contributed by atoms with Crippen LogP contribution in [-0.4, -0.2) is 35.0 Å². The molecular formula is C22H23N3O3. The van der Waals surface area contributed by atoms with Crippen molar-refractivity contribution in [2.75, 3.05) is 18.5 Å². The Bertz CT molecular complexity index is 918. The maximum Gasteiger partial charge on any atom is 0.228 e. The molecule has 2 heterocycles. The molecule has 2 aromatic carbocycles. The molecule has 144 valence electrons. The molecule has 3 aromatic rings. The summed E-state index contributed by atoms with van der Waals surface area (Å²) in [6.07, 6.45) is 6.13. The molecule has 1 aromatic heterocycles. The van der Waals surface area contributed by atoms with Crippen molar-refractivity contribution in [1.29, 1.82) is 0 Å². The number of rotatable bonds is 7. The summed E-state index contributed by atoms with van der Waals surface area (Å²) in [5, 5.41) is 7.25. The second-order valence-corrected chi connectivity index (χ2v) is 6.83. The second kappa shape index (κ2) is 8.71. The standard InChI is InChI=1S/C22H23N3O3/c26-22(12-17-14-23-25(15-17)19-7-2-1-3-8-19)24-18-6-4-9-20(13-18)28-16-21-10-5-11-27-21/h1-4,6-9,13-15,21H,5,10-12,16H2,(H,24,26). The lowest BCUT2D eigenvalue weighted by Gasteiger charge is -2.12. The molecule has 1 amide bonds.